The van der Waals surface area contributed by atoms with Crippen LogP contribution < -0.4 is 31.5 Å². The van der Waals surface area contributed by atoms with Gasteiger partial charge in [-0.15, -0.1) is 0 Å². The molecule has 34 heavy (non-hydrogen) atoms. The maximum atomic E-state index is 13.5. The Bertz CT molecular complexity index is 1300. The molecule has 176 valence electrons. The van der Waals surface area contributed by atoms with E-state index >= 15 is 0 Å². The van der Waals surface area contributed by atoms with Gasteiger partial charge >= 0.3 is 190 Å². The number of hydrogen-bond acceptors (Lipinski definition) is 6. The van der Waals surface area contributed by atoms with Gasteiger partial charge in [-0.1, -0.05) is 0 Å². The zero-order valence-electron chi connectivity index (χ0n) is 19.0. The van der Waals surface area contributed by atoms with Gasteiger partial charge in [0.1, 0.15) is 0 Å². The molecule has 0 aliphatic carbocycles. The van der Waals surface area contributed by atoms with Crippen LogP contribution in [-0.2, 0) is 4.79 Å². The molecular formula is C25H24FIN5O2-. The van der Waals surface area contributed by atoms with Gasteiger partial charge in [0.25, 0.3) is 0 Å². The van der Waals surface area contributed by atoms with Gasteiger partial charge in [0, 0.05) is 14.1 Å². The summed E-state index contributed by atoms with van der Waals surface area (Å²) in [5.41, 5.74) is 4.38. The minimum absolute atomic E-state index is 0.123. The Labute approximate surface area is 208 Å². The second-order valence-electron chi connectivity index (χ2n) is 7.87. The monoisotopic (exact) mass is 572 g/mol. The SMILES string of the molecule is CC1=N[I-]C=C(CNc2ncnc3c(OCC(=O)N(C)C)cc(-c4ccc(F)cc4)cc23)C=C1. The van der Waals surface area contributed by atoms with Crippen LogP contribution in [0.4, 0.5) is 10.2 Å². The van der Waals surface area contributed by atoms with Gasteiger partial charge in [-0.05, 0) is 0 Å². The summed E-state index contributed by atoms with van der Waals surface area (Å²) < 4.78 is 26.1. The molecule has 3 aromatic rings. The second-order valence-corrected chi connectivity index (χ2v) is 9.53. The van der Waals surface area contributed by atoms with Crippen molar-refractivity contribution in [1.29, 1.82) is 0 Å². The number of carbonyl (C=O) groups excluding carboxylic acids is 1. The van der Waals surface area contributed by atoms with E-state index in [1.165, 1.54) is 23.4 Å². The van der Waals surface area contributed by atoms with Crippen LogP contribution in [0, 0.1) is 5.82 Å². The number of amides is 1. The van der Waals surface area contributed by atoms with Gasteiger partial charge in [-0.3, -0.25) is 0 Å². The Hall–Kier alpha value is -3.34. The number of carbonyl (C=O) groups is 1. The number of ether oxygens (including phenoxy) is 1. The minimum atomic E-state index is -0.368. The molecular weight excluding hydrogens is 548 g/mol. The Morgan fingerprint density at radius 2 is 1.91 bits per heavy atom. The van der Waals surface area contributed by atoms with Gasteiger partial charge in [-0.2, -0.15) is 0 Å². The normalized spacial score (nSPS) is 13.4. The van der Waals surface area contributed by atoms with Crippen LogP contribution in [0.5, 0.6) is 5.75 Å². The third kappa shape index (κ3) is 5.77. The van der Waals surface area contributed by atoms with Crippen molar-refractivity contribution in [3.05, 3.63) is 70.4 Å². The molecule has 4 rings (SSSR count). The van der Waals surface area contributed by atoms with Crippen molar-refractivity contribution in [3.8, 4) is 16.9 Å². The van der Waals surface area contributed by atoms with E-state index < -0.39 is 0 Å². The van der Waals surface area contributed by atoms with Gasteiger partial charge in [0.15, 0.2) is 0 Å². The van der Waals surface area contributed by atoms with E-state index in [1.807, 2.05) is 25.1 Å². The van der Waals surface area contributed by atoms with E-state index in [1.54, 1.807) is 26.2 Å². The summed E-state index contributed by atoms with van der Waals surface area (Å²) in [6, 6.07) is 9.99. The molecule has 9 heteroatoms. The quantitative estimate of drug-likeness (QED) is 0.432. The fraction of sp³-hybridized carbons (Fsp3) is 0.200. The zero-order chi connectivity index (χ0) is 24.1. The number of aromatic nitrogens is 2. The molecule has 0 atom stereocenters. The van der Waals surface area contributed by atoms with Crippen molar-refractivity contribution >= 4 is 28.3 Å². The average Bonchev–Trinajstić information content (AvgIpc) is 3.05. The molecule has 1 aliphatic rings. The molecule has 0 bridgehead atoms. The van der Waals surface area contributed by atoms with Gasteiger partial charge in [0.05, 0.1) is 0 Å². The van der Waals surface area contributed by atoms with Gasteiger partial charge < -0.3 is 0 Å². The van der Waals surface area contributed by atoms with Gasteiger partial charge in [0.2, 0.25) is 0 Å². The molecule has 0 saturated carbocycles. The molecule has 2 heterocycles. The van der Waals surface area contributed by atoms with E-state index in [2.05, 4.69) is 28.6 Å². The Balaban J connectivity index is 1.71. The molecule has 2 aromatic carbocycles. The summed E-state index contributed by atoms with van der Waals surface area (Å²) in [5.74, 6) is 0.628. The standard InChI is InChI=1S/C25H24FIN5O2/c1-16-4-5-17(12-27-31-16)13-28-25-21-10-19(18-6-8-20(26)9-7-18)11-22(24(21)29-15-30-25)34-14-23(33)32(2)3/h4-12,15H,13-14H2,1-3H3,(H,28,29,30)/q-1. The van der Waals surface area contributed by atoms with E-state index in [9.17, 15) is 9.18 Å². The van der Waals surface area contributed by atoms with Crippen LogP contribution in [0.25, 0.3) is 22.0 Å². The van der Waals surface area contributed by atoms with E-state index in [0.717, 1.165) is 27.8 Å². The van der Waals surface area contributed by atoms with Crippen LogP contribution in [-0.4, -0.2) is 53.7 Å². The third-order valence-corrected chi connectivity index (χ3v) is 7.22. The molecule has 0 radical (unpaired) electrons. The zero-order valence-corrected chi connectivity index (χ0v) is 21.2. The van der Waals surface area contributed by atoms with E-state index in [4.69, 9.17) is 4.74 Å². The molecule has 0 saturated heterocycles. The molecule has 1 amide bonds. The topological polar surface area (TPSA) is 79.7 Å². The second kappa shape index (κ2) is 10.7. The number of rotatable bonds is 7. The van der Waals surface area contributed by atoms with Crippen LogP contribution in [0.15, 0.2) is 67.7 Å². The molecule has 0 spiro atoms. The number of hydrogen-bond donors (Lipinski definition) is 1. The summed E-state index contributed by atoms with van der Waals surface area (Å²) in [6.45, 7) is 2.46. The van der Waals surface area contributed by atoms with Crippen molar-refractivity contribution < 1.29 is 35.4 Å². The fourth-order valence-electron chi connectivity index (χ4n) is 3.20. The number of anilines is 1. The predicted molar refractivity (Wildman–Crippen MR) is 128 cm³/mol. The first-order chi connectivity index (χ1) is 16.4. The summed E-state index contributed by atoms with van der Waals surface area (Å²) in [7, 11) is 3.35. The third-order valence-electron chi connectivity index (χ3n) is 5.10. The van der Waals surface area contributed by atoms with Crippen LogP contribution in [0.2, 0.25) is 0 Å². The molecule has 0 unspecified atom stereocenters. The fourth-order valence-corrected chi connectivity index (χ4v) is 4.73. The number of allylic oxidation sites excluding steroid dienone is 1. The summed E-state index contributed by atoms with van der Waals surface area (Å²) in [4.78, 5) is 22.5. The Kier molecular flexibility index (Phi) is 7.51. The molecule has 1 aromatic heterocycles. The number of benzene rings is 2. The number of nitrogens with zero attached hydrogens (tertiary/aromatic N) is 4. The Morgan fingerprint density at radius 1 is 1.12 bits per heavy atom. The van der Waals surface area contributed by atoms with E-state index in [-0.39, 0.29) is 39.8 Å². The molecule has 1 N–H and O–H groups in total. The van der Waals surface area contributed by atoms with Crippen LogP contribution >= 0.6 is 0 Å². The Morgan fingerprint density at radius 3 is 2.68 bits per heavy atom. The number of fused-ring (bicyclic) bond motifs is 1. The molecule has 1 aliphatic heterocycles. The molecule has 7 nitrogen and oxygen atoms in total. The first-order valence-corrected chi connectivity index (χ1v) is 12.8. The van der Waals surface area contributed by atoms with E-state index in [0.29, 0.717) is 23.6 Å². The number of likely N-dealkylation sites (N-methyl/N-ethyl adjacent to an activating group) is 1. The van der Waals surface area contributed by atoms with Crippen LogP contribution in [0.3, 0.4) is 0 Å². The summed E-state index contributed by atoms with van der Waals surface area (Å²) >= 11 is -0.368. The van der Waals surface area contributed by atoms with Crippen molar-refractivity contribution in [2.75, 3.05) is 32.6 Å². The maximum absolute atomic E-state index is 13.5. The predicted octanol–water partition coefficient (Wildman–Crippen LogP) is 1.23. The van der Waals surface area contributed by atoms with Gasteiger partial charge in [-0.25, -0.2) is 4.39 Å². The van der Waals surface area contributed by atoms with Crippen molar-refractivity contribution in [3.63, 3.8) is 0 Å². The summed E-state index contributed by atoms with van der Waals surface area (Å²) in [6.07, 6.45) is 5.55. The molecule has 0 fully saturated rings. The number of nitrogens with one attached hydrogen (secondary N) is 1. The summed E-state index contributed by atoms with van der Waals surface area (Å²) in [5, 5.41) is 4.15. The van der Waals surface area contributed by atoms with Crippen molar-refractivity contribution in [2.24, 2.45) is 3.21 Å². The number of halogens is 2. The van der Waals surface area contributed by atoms with Crippen molar-refractivity contribution in [2.45, 2.75) is 6.92 Å². The van der Waals surface area contributed by atoms with Crippen LogP contribution in [0.1, 0.15) is 6.92 Å². The average molecular weight is 572 g/mol. The first kappa shape index (κ1) is 23.8. The first-order valence-electron chi connectivity index (χ1n) is 10.6. The van der Waals surface area contributed by atoms with Crippen molar-refractivity contribution in [1.82, 2.24) is 14.9 Å².